The summed E-state index contributed by atoms with van der Waals surface area (Å²) in [6.07, 6.45) is 8.43. The number of benzene rings is 16. The molecule has 0 aliphatic rings. The Labute approximate surface area is 717 Å². The van der Waals surface area contributed by atoms with Gasteiger partial charge in [0.1, 0.15) is 28.2 Å². The number of hydrogen-bond acceptors (Lipinski definition) is 0. The Hall–Kier alpha value is -12.8. The molecule has 20 rings (SSSR count). The Kier molecular flexibility index (Phi) is 33.5. The topological polar surface area (TPSA) is 15.5 Å². The monoisotopic (exact) mass is 1580 g/mol. The lowest BCUT2D eigenvalue weighted by Gasteiger charge is -2.15. The van der Waals surface area contributed by atoms with Gasteiger partial charge in [-0.05, 0) is 234 Å². The highest BCUT2D eigenvalue weighted by Crippen LogP contribution is 2.43. The van der Waals surface area contributed by atoms with Crippen LogP contribution in [0.2, 0.25) is 0 Å². The van der Waals surface area contributed by atoms with Gasteiger partial charge in [0.2, 0.25) is 22.8 Å². The molecule has 0 unspecified atom stereocenters. The summed E-state index contributed by atoms with van der Waals surface area (Å²) in [5.41, 5.74) is 15.5. The van der Waals surface area contributed by atoms with Gasteiger partial charge in [0.25, 0.3) is 0 Å². The number of rotatable bonds is 4. The van der Waals surface area contributed by atoms with Crippen LogP contribution in [-0.4, -0.2) is 0 Å². The van der Waals surface area contributed by atoms with Crippen molar-refractivity contribution in [2.75, 3.05) is 0 Å². The molecule has 0 atom stereocenters. The fourth-order valence-electron chi connectivity index (χ4n) is 16.6. The number of nitrogens with zero attached hydrogens (tertiary/aromatic N) is 4. The Morgan fingerprint density at radius 2 is 0.417 bits per heavy atom. The maximum Gasteiger partial charge on any atom is 0.213 e. The highest BCUT2D eigenvalue weighted by atomic mass is 14.9. The summed E-state index contributed by atoms with van der Waals surface area (Å²) < 4.78 is 8.77. The van der Waals surface area contributed by atoms with Gasteiger partial charge in [-0.3, -0.25) is 0 Å². The summed E-state index contributed by atoms with van der Waals surface area (Å²) in [5, 5.41) is 31.7. The van der Waals surface area contributed by atoms with Crippen LogP contribution in [0.4, 0.5) is 0 Å². The maximum absolute atomic E-state index is 2.33. The van der Waals surface area contributed by atoms with E-state index in [-0.39, 0.29) is 0 Å². The van der Waals surface area contributed by atoms with Gasteiger partial charge in [0, 0.05) is 65.2 Å². The van der Waals surface area contributed by atoms with Gasteiger partial charge in [0.15, 0.2) is 24.8 Å². The molecule has 16 aromatic carbocycles. The second-order valence-corrected chi connectivity index (χ2v) is 27.9. The summed E-state index contributed by atoms with van der Waals surface area (Å²) in [5.74, 6) is 0. The zero-order valence-corrected chi connectivity index (χ0v) is 76.1. The zero-order chi connectivity index (χ0) is 86.7. The van der Waals surface area contributed by atoms with Crippen molar-refractivity contribution >= 4 is 129 Å². The molecule has 4 aromatic heterocycles. The zero-order valence-electron chi connectivity index (χ0n) is 76.1. The van der Waals surface area contributed by atoms with Crippen LogP contribution in [0.5, 0.6) is 0 Å². The van der Waals surface area contributed by atoms with E-state index in [9.17, 15) is 0 Å². The molecule has 0 saturated carbocycles. The average Bonchev–Trinajstić information content (AvgIpc) is 0.737. The predicted octanol–water partition coefficient (Wildman–Crippen LogP) is 32.0. The Morgan fingerprint density at radius 1 is 0.158 bits per heavy atom. The maximum atomic E-state index is 2.33. The molecule has 0 amide bonds. The SMILES string of the molecule is CC.CC.CC.CC.CC.CC.CC.CC.Cc1c(-c2cccc[n+]2C)c2ccc3ccccc3c2c2ccccc12.Cc1c(-c2cccc[n+]2C)ccc2c1ccc1c3ccccc3ccc21.Cc1c(-c2cccc[n+]2C)ccc2c1ccc1cc3ccccc3cc12.Cc1c(-c2cccc[n+]2C)ccc2c1ccc1ccc3ccccc3c12. The van der Waals surface area contributed by atoms with Gasteiger partial charge >= 0.3 is 0 Å². The van der Waals surface area contributed by atoms with Crippen LogP contribution in [-0.2, 0) is 28.2 Å². The van der Waals surface area contributed by atoms with Crippen LogP contribution in [0.15, 0.2) is 340 Å². The summed E-state index contributed by atoms with van der Waals surface area (Å²) in [7, 11) is 8.43. The molecule has 0 aliphatic heterocycles. The van der Waals surface area contributed by atoms with E-state index in [4.69, 9.17) is 0 Å². The molecule has 4 heteroatoms. The third-order valence-corrected chi connectivity index (χ3v) is 22.0. The van der Waals surface area contributed by atoms with Crippen LogP contribution in [0.25, 0.3) is 174 Å². The highest BCUT2D eigenvalue weighted by molar-refractivity contribution is 6.26. The van der Waals surface area contributed by atoms with E-state index < -0.39 is 0 Å². The lowest BCUT2D eigenvalue weighted by atomic mass is 9.88. The first kappa shape index (κ1) is 91.1. The molecular formula is C116H128N4+4. The summed E-state index contributed by atoms with van der Waals surface area (Å²) in [6.45, 7) is 41.0. The molecule has 0 aliphatic carbocycles. The van der Waals surface area contributed by atoms with Crippen molar-refractivity contribution < 1.29 is 18.3 Å². The fourth-order valence-corrected chi connectivity index (χ4v) is 16.6. The van der Waals surface area contributed by atoms with E-state index in [2.05, 4.69) is 414 Å². The summed E-state index contributed by atoms with van der Waals surface area (Å²) in [6, 6.07) is 114. The molecule has 0 saturated heterocycles. The first-order valence-corrected chi connectivity index (χ1v) is 44.1. The smallest absolute Gasteiger partial charge is 0.201 e. The van der Waals surface area contributed by atoms with Gasteiger partial charge in [-0.1, -0.05) is 323 Å². The lowest BCUT2D eigenvalue weighted by molar-refractivity contribution is -0.660. The molecule has 0 radical (unpaired) electrons. The van der Waals surface area contributed by atoms with E-state index in [1.165, 1.54) is 197 Å². The fraction of sp³-hybridized carbons (Fsp3) is 0.207. The number of pyridine rings is 4. The minimum atomic E-state index is 1.24. The molecule has 0 bridgehead atoms. The normalized spacial score (nSPS) is 10.3. The molecule has 20 aromatic rings. The average molecular weight is 1580 g/mol. The predicted molar refractivity (Wildman–Crippen MR) is 532 cm³/mol. The standard InChI is InChI=1S/4C25H20N.8C2H6/c1-17-19-10-5-6-12-21(19)25-20-11-4-3-9-18(20)14-15-22(25)24(17)23-13-7-8-16-26(23)2;1-17-19-12-14-23-21-8-4-3-7-18(21)10-11-24(23)22(19)15-13-20(17)25-9-5-6-16-26(25)2;1-17-20-13-12-19-11-10-18-7-3-4-8-22(18)25(19)23(20)15-14-21(17)24-9-5-6-16-26(24)2;1-17-21-11-10-20-15-18-7-3-4-8-19(18)16-24(20)23(21)13-12-22(17)25-9-5-6-14-26(25)2;8*1-2/h4*3-16H,1-2H3;8*1-2H3/q4*+1;;;;;;;;. The van der Waals surface area contributed by atoms with Crippen molar-refractivity contribution in [3.05, 3.63) is 362 Å². The third kappa shape index (κ3) is 18.7. The van der Waals surface area contributed by atoms with Gasteiger partial charge in [-0.25, -0.2) is 18.3 Å². The summed E-state index contributed by atoms with van der Waals surface area (Å²) >= 11 is 0. The van der Waals surface area contributed by atoms with Crippen molar-refractivity contribution in [3.8, 4) is 45.0 Å². The van der Waals surface area contributed by atoms with Crippen molar-refractivity contribution in [1.82, 2.24) is 0 Å². The molecule has 0 spiro atoms. The lowest BCUT2D eigenvalue weighted by Crippen LogP contribution is -2.30. The molecule has 120 heavy (non-hydrogen) atoms. The minimum absolute atomic E-state index is 1.24. The first-order chi connectivity index (χ1) is 58.9. The molecule has 0 N–H and O–H groups in total. The van der Waals surface area contributed by atoms with Crippen LogP contribution < -0.4 is 18.3 Å². The Morgan fingerprint density at radius 3 is 0.883 bits per heavy atom. The number of fused-ring (bicyclic) bond motifs is 19. The third-order valence-electron chi connectivity index (χ3n) is 22.0. The van der Waals surface area contributed by atoms with Gasteiger partial charge < -0.3 is 0 Å². The molecule has 4 heterocycles. The Bertz CT molecular complexity index is 6730. The molecule has 4 nitrogen and oxygen atoms in total. The molecular weight excluding hydrogens is 1450 g/mol. The number of aryl methyl sites for hydroxylation is 8. The van der Waals surface area contributed by atoms with Gasteiger partial charge in [-0.2, -0.15) is 0 Å². The largest absolute Gasteiger partial charge is 0.213 e. The van der Waals surface area contributed by atoms with Crippen LogP contribution in [0.1, 0.15) is 133 Å². The van der Waals surface area contributed by atoms with E-state index in [1.54, 1.807) is 0 Å². The van der Waals surface area contributed by atoms with Crippen molar-refractivity contribution in [2.24, 2.45) is 28.2 Å². The highest BCUT2D eigenvalue weighted by Gasteiger charge is 2.22. The second-order valence-electron chi connectivity index (χ2n) is 27.9. The van der Waals surface area contributed by atoms with Crippen molar-refractivity contribution in [1.29, 1.82) is 0 Å². The van der Waals surface area contributed by atoms with E-state index in [0.29, 0.717) is 0 Å². The van der Waals surface area contributed by atoms with E-state index in [0.717, 1.165) is 0 Å². The van der Waals surface area contributed by atoms with E-state index in [1.807, 2.05) is 111 Å². The van der Waals surface area contributed by atoms with E-state index >= 15 is 0 Å². The van der Waals surface area contributed by atoms with Crippen LogP contribution in [0.3, 0.4) is 0 Å². The first-order valence-electron chi connectivity index (χ1n) is 44.1. The van der Waals surface area contributed by atoms with Gasteiger partial charge in [0.05, 0.1) is 5.56 Å². The quantitative estimate of drug-likeness (QED) is 0.0948. The number of hydrogen-bond donors (Lipinski definition) is 0. The second kappa shape index (κ2) is 44.2. The van der Waals surface area contributed by atoms with Crippen LogP contribution in [0, 0.1) is 27.7 Å². The van der Waals surface area contributed by atoms with Crippen molar-refractivity contribution in [2.45, 2.75) is 138 Å². The number of aromatic nitrogens is 4. The Balaban J connectivity index is 0.000000172. The van der Waals surface area contributed by atoms with Gasteiger partial charge in [-0.15, -0.1) is 0 Å². The summed E-state index contributed by atoms with van der Waals surface area (Å²) in [4.78, 5) is 0. The minimum Gasteiger partial charge on any atom is -0.201 e. The van der Waals surface area contributed by atoms with Crippen molar-refractivity contribution in [3.63, 3.8) is 0 Å². The van der Waals surface area contributed by atoms with Crippen LogP contribution >= 0.6 is 0 Å². The molecule has 0 fully saturated rings. The molecule has 608 valence electrons.